The molecule has 0 aliphatic heterocycles. The van der Waals surface area contributed by atoms with Crippen LogP contribution in [0.4, 0.5) is 0 Å². The van der Waals surface area contributed by atoms with Gasteiger partial charge in [0.05, 0.1) is 0 Å². The molecule has 0 heterocycles. The molecule has 0 unspecified atom stereocenters. The SMILES string of the molecule is Brc1ccc2c3c(ccc(Br)c13)-c1c-2c(-c2ccccc2)c2ccccc2c1-c1ccccc1-c1ccccc1. The Morgan fingerprint density at radius 1 is 0.300 bits per heavy atom. The maximum Gasteiger partial charge on any atom is 0.0265 e. The number of hydrogen-bond donors (Lipinski definition) is 0. The normalized spacial score (nSPS) is 11.8. The number of hydrogen-bond acceptors (Lipinski definition) is 0. The second-order valence-electron chi connectivity index (χ2n) is 10.3. The van der Waals surface area contributed by atoms with E-state index in [0.29, 0.717) is 0 Å². The van der Waals surface area contributed by atoms with Gasteiger partial charge in [-0.05, 0) is 83.9 Å². The van der Waals surface area contributed by atoms with Gasteiger partial charge in [-0.15, -0.1) is 0 Å². The van der Waals surface area contributed by atoms with E-state index in [9.17, 15) is 0 Å². The van der Waals surface area contributed by atoms with E-state index in [0.717, 1.165) is 8.95 Å². The van der Waals surface area contributed by atoms with Crippen molar-refractivity contribution < 1.29 is 0 Å². The summed E-state index contributed by atoms with van der Waals surface area (Å²) < 4.78 is 2.20. The molecule has 8 rings (SSSR count). The fourth-order valence-electron chi connectivity index (χ4n) is 6.56. The fourth-order valence-corrected chi connectivity index (χ4v) is 7.92. The Hall–Kier alpha value is -3.98. The Morgan fingerprint density at radius 3 is 1.40 bits per heavy atom. The Kier molecular flexibility index (Phi) is 5.55. The van der Waals surface area contributed by atoms with Crippen LogP contribution >= 0.6 is 31.9 Å². The molecule has 7 aromatic carbocycles. The minimum atomic E-state index is 1.10. The van der Waals surface area contributed by atoms with Crippen LogP contribution in [-0.2, 0) is 0 Å². The van der Waals surface area contributed by atoms with Gasteiger partial charge < -0.3 is 0 Å². The molecule has 0 bridgehead atoms. The molecule has 0 radical (unpaired) electrons. The summed E-state index contributed by atoms with van der Waals surface area (Å²) in [6.07, 6.45) is 0. The highest BCUT2D eigenvalue weighted by molar-refractivity contribution is 9.11. The first-order valence-electron chi connectivity index (χ1n) is 13.4. The molecule has 188 valence electrons. The van der Waals surface area contributed by atoms with E-state index in [1.54, 1.807) is 0 Å². The van der Waals surface area contributed by atoms with Crippen molar-refractivity contribution in [2.45, 2.75) is 0 Å². The molecule has 2 heteroatoms. The molecule has 0 fully saturated rings. The van der Waals surface area contributed by atoms with Crippen LogP contribution in [0.2, 0.25) is 0 Å². The quantitative estimate of drug-likeness (QED) is 0.181. The number of fused-ring (bicyclic) bond motifs is 4. The summed E-state index contributed by atoms with van der Waals surface area (Å²) in [5.41, 5.74) is 12.7. The van der Waals surface area contributed by atoms with Crippen molar-refractivity contribution in [3.05, 3.63) is 142 Å². The zero-order valence-corrected chi connectivity index (χ0v) is 24.6. The molecular formula is C38H22Br2. The van der Waals surface area contributed by atoms with Crippen LogP contribution in [0.15, 0.2) is 142 Å². The molecule has 7 aromatic rings. The van der Waals surface area contributed by atoms with Crippen molar-refractivity contribution >= 4 is 53.4 Å². The maximum atomic E-state index is 3.87. The van der Waals surface area contributed by atoms with E-state index >= 15 is 0 Å². The second kappa shape index (κ2) is 9.30. The Balaban J connectivity index is 1.62. The Bertz CT molecular complexity index is 2100. The average Bonchev–Trinajstić information content (AvgIpc) is 3.33. The lowest BCUT2D eigenvalue weighted by Gasteiger charge is -2.22. The number of halogens is 2. The summed E-state index contributed by atoms with van der Waals surface area (Å²) in [5.74, 6) is 0. The minimum absolute atomic E-state index is 1.10. The molecule has 0 nitrogen and oxygen atoms in total. The minimum Gasteiger partial charge on any atom is -0.0622 e. The van der Waals surface area contributed by atoms with Crippen LogP contribution in [0.25, 0.3) is 77.2 Å². The van der Waals surface area contributed by atoms with Crippen molar-refractivity contribution in [2.75, 3.05) is 0 Å². The van der Waals surface area contributed by atoms with Gasteiger partial charge in [0, 0.05) is 14.3 Å². The topological polar surface area (TPSA) is 0 Å². The van der Waals surface area contributed by atoms with E-state index < -0.39 is 0 Å². The third kappa shape index (κ3) is 3.43. The first-order valence-corrected chi connectivity index (χ1v) is 15.0. The lowest BCUT2D eigenvalue weighted by atomic mass is 9.81. The predicted molar refractivity (Wildman–Crippen MR) is 178 cm³/mol. The van der Waals surface area contributed by atoms with E-state index in [1.807, 2.05) is 0 Å². The summed E-state index contributed by atoms with van der Waals surface area (Å²) >= 11 is 7.74. The van der Waals surface area contributed by atoms with Gasteiger partial charge in [0.25, 0.3) is 0 Å². The lowest BCUT2D eigenvalue weighted by Crippen LogP contribution is -1.95. The van der Waals surface area contributed by atoms with Crippen molar-refractivity contribution in [3.8, 4) is 55.6 Å². The highest BCUT2D eigenvalue weighted by Crippen LogP contribution is 2.59. The maximum absolute atomic E-state index is 3.87. The predicted octanol–water partition coefficient (Wildman–Crippen LogP) is 12.2. The Morgan fingerprint density at radius 2 is 0.775 bits per heavy atom. The largest absolute Gasteiger partial charge is 0.0622 e. The van der Waals surface area contributed by atoms with E-state index in [4.69, 9.17) is 0 Å². The molecule has 0 N–H and O–H groups in total. The molecule has 0 amide bonds. The highest BCUT2D eigenvalue weighted by Gasteiger charge is 2.32. The van der Waals surface area contributed by atoms with E-state index in [2.05, 4.69) is 165 Å². The zero-order chi connectivity index (χ0) is 26.8. The molecule has 0 spiro atoms. The van der Waals surface area contributed by atoms with Crippen molar-refractivity contribution in [3.63, 3.8) is 0 Å². The van der Waals surface area contributed by atoms with Crippen molar-refractivity contribution in [2.24, 2.45) is 0 Å². The molecule has 40 heavy (non-hydrogen) atoms. The summed E-state index contributed by atoms with van der Waals surface area (Å²) in [7, 11) is 0. The van der Waals surface area contributed by atoms with Crippen LogP contribution < -0.4 is 0 Å². The summed E-state index contributed by atoms with van der Waals surface area (Å²) in [6.45, 7) is 0. The van der Waals surface area contributed by atoms with Crippen molar-refractivity contribution in [1.82, 2.24) is 0 Å². The first-order chi connectivity index (χ1) is 19.7. The molecule has 1 aliphatic rings. The van der Waals surface area contributed by atoms with Crippen molar-refractivity contribution in [1.29, 1.82) is 0 Å². The molecule has 0 aromatic heterocycles. The zero-order valence-electron chi connectivity index (χ0n) is 21.5. The standard InChI is InChI=1S/C38H22Br2/c39-31-21-19-29-35-30(20-22-32(40)38(31)35)37-34(26-16-8-7-15-25(26)23-11-3-1-4-12-23)28-18-10-9-17-27(28)33(36(29)37)24-13-5-2-6-14-24/h1-22H. The van der Waals surface area contributed by atoms with Gasteiger partial charge in [0.2, 0.25) is 0 Å². The van der Waals surface area contributed by atoms with Gasteiger partial charge in [-0.1, -0.05) is 153 Å². The first kappa shape index (κ1) is 23.9. The number of rotatable bonds is 3. The molecule has 0 atom stereocenters. The van der Waals surface area contributed by atoms with Gasteiger partial charge >= 0.3 is 0 Å². The summed E-state index contributed by atoms with van der Waals surface area (Å²) in [6, 6.07) is 48.4. The summed E-state index contributed by atoms with van der Waals surface area (Å²) in [4.78, 5) is 0. The van der Waals surface area contributed by atoms with Gasteiger partial charge in [-0.3, -0.25) is 0 Å². The third-order valence-electron chi connectivity index (χ3n) is 8.16. The van der Waals surface area contributed by atoms with Crippen LogP contribution in [0.1, 0.15) is 0 Å². The van der Waals surface area contributed by atoms with Gasteiger partial charge in [-0.2, -0.15) is 0 Å². The van der Waals surface area contributed by atoms with E-state index in [-0.39, 0.29) is 0 Å². The average molecular weight is 638 g/mol. The third-order valence-corrected chi connectivity index (χ3v) is 9.48. The van der Waals surface area contributed by atoms with Gasteiger partial charge in [0.15, 0.2) is 0 Å². The fraction of sp³-hybridized carbons (Fsp3) is 0. The Labute approximate surface area is 250 Å². The van der Waals surface area contributed by atoms with Crippen LogP contribution in [0.5, 0.6) is 0 Å². The van der Waals surface area contributed by atoms with Crippen LogP contribution in [0, 0.1) is 0 Å². The molecule has 1 aliphatic carbocycles. The molecular weight excluding hydrogens is 616 g/mol. The monoisotopic (exact) mass is 636 g/mol. The van der Waals surface area contributed by atoms with Crippen LogP contribution in [0.3, 0.4) is 0 Å². The smallest absolute Gasteiger partial charge is 0.0265 e. The lowest BCUT2D eigenvalue weighted by molar-refractivity contribution is 1.59. The molecule has 0 saturated heterocycles. The van der Waals surface area contributed by atoms with E-state index in [1.165, 1.54) is 77.2 Å². The highest BCUT2D eigenvalue weighted by atomic mass is 79.9. The van der Waals surface area contributed by atoms with Gasteiger partial charge in [0.1, 0.15) is 0 Å². The second-order valence-corrected chi connectivity index (χ2v) is 12.0. The van der Waals surface area contributed by atoms with Gasteiger partial charge in [-0.25, -0.2) is 0 Å². The summed E-state index contributed by atoms with van der Waals surface area (Å²) in [5, 5.41) is 5.06. The number of benzene rings is 7. The molecule has 0 saturated carbocycles. The van der Waals surface area contributed by atoms with Crippen LogP contribution in [-0.4, -0.2) is 0 Å².